The molecule has 9 nitrogen and oxygen atoms in total. The predicted octanol–water partition coefficient (Wildman–Crippen LogP) is 3.09. The van der Waals surface area contributed by atoms with E-state index in [2.05, 4.69) is 10.3 Å². The Hall–Kier alpha value is -3.53. The molecule has 1 aromatic heterocycles. The minimum Gasteiger partial charge on any atom is -0.491 e. The first-order valence-corrected chi connectivity index (χ1v) is 10.9. The highest BCUT2D eigenvalue weighted by Gasteiger charge is 2.20. The van der Waals surface area contributed by atoms with E-state index in [-0.39, 0.29) is 18.6 Å². The Morgan fingerprint density at radius 3 is 2.47 bits per heavy atom. The molecule has 34 heavy (non-hydrogen) atoms. The average Bonchev–Trinajstić information content (AvgIpc) is 2.73. The topological polar surface area (TPSA) is 115 Å². The Kier molecular flexibility index (Phi) is 7.83. The van der Waals surface area contributed by atoms with Gasteiger partial charge in [-0.25, -0.2) is 14.2 Å². The molecule has 1 unspecified atom stereocenters. The molecule has 3 aromatic rings. The van der Waals surface area contributed by atoms with Gasteiger partial charge in [-0.15, -0.1) is 0 Å². The summed E-state index contributed by atoms with van der Waals surface area (Å²) in [7, 11) is 5.84. The lowest BCUT2D eigenvalue weighted by molar-refractivity contribution is -0.137. The van der Waals surface area contributed by atoms with Crippen LogP contribution in [0.5, 0.6) is 5.75 Å². The summed E-state index contributed by atoms with van der Waals surface area (Å²) in [6, 6.07) is 12.1. The van der Waals surface area contributed by atoms with Crippen molar-refractivity contribution in [2.45, 2.75) is 45.8 Å². The maximum absolute atomic E-state index is 13.3. The number of anilines is 2. The van der Waals surface area contributed by atoms with Crippen LogP contribution in [0.4, 0.5) is 11.6 Å². The lowest BCUT2D eigenvalue weighted by Crippen LogP contribution is -2.45. The number of ether oxygens (including phenoxy) is 1. The van der Waals surface area contributed by atoms with Gasteiger partial charge in [0.2, 0.25) is 5.95 Å². The number of hydrogen-bond acceptors (Lipinski definition) is 6. The number of carboxylic acid groups (broad SMARTS) is 1. The van der Waals surface area contributed by atoms with Gasteiger partial charge in [0.1, 0.15) is 13.6 Å². The number of aliphatic carboxylic acids is 1. The molecule has 0 saturated carbocycles. The lowest BCUT2D eigenvalue weighted by Gasteiger charge is -2.19. The number of nitrogens with zero attached hydrogens (tertiary/aromatic N) is 3. The van der Waals surface area contributed by atoms with Gasteiger partial charge >= 0.3 is 17.3 Å². The van der Waals surface area contributed by atoms with E-state index in [4.69, 9.17) is 29.3 Å². The first-order chi connectivity index (χ1) is 16.0. The zero-order valence-electron chi connectivity index (χ0n) is 19.0. The number of rotatable bonds is 9. The number of aromatic nitrogens is 3. The van der Waals surface area contributed by atoms with Gasteiger partial charge in [-0.05, 0) is 62.2 Å². The first kappa shape index (κ1) is 25.1. The third-order valence-electron chi connectivity index (χ3n) is 4.86. The van der Waals surface area contributed by atoms with E-state index in [1.807, 2.05) is 20.8 Å². The molecule has 0 amide bonds. The van der Waals surface area contributed by atoms with E-state index in [1.165, 1.54) is 4.57 Å². The summed E-state index contributed by atoms with van der Waals surface area (Å²) in [6.45, 7) is 5.77. The van der Waals surface area contributed by atoms with Crippen LogP contribution < -0.4 is 21.4 Å². The molecule has 0 spiro atoms. The maximum atomic E-state index is 13.3. The van der Waals surface area contributed by atoms with Crippen LogP contribution in [0.3, 0.4) is 0 Å². The molecule has 3 rings (SSSR count). The number of halogens is 1. The minimum atomic E-state index is -1.37. The highest BCUT2D eigenvalue weighted by molar-refractivity contribution is 6.30. The van der Waals surface area contributed by atoms with Gasteiger partial charge in [0.15, 0.2) is 0 Å². The number of aryl methyl sites for hydroxylation is 1. The largest absolute Gasteiger partial charge is 0.491 e. The summed E-state index contributed by atoms with van der Waals surface area (Å²) in [5, 5.41) is 12.6. The molecule has 0 saturated heterocycles. The van der Waals surface area contributed by atoms with Crippen LogP contribution in [0.1, 0.15) is 37.3 Å². The zero-order chi connectivity index (χ0) is 25.0. The normalized spacial score (nSPS) is 11.9. The fourth-order valence-corrected chi connectivity index (χ4v) is 3.44. The van der Waals surface area contributed by atoms with Crippen molar-refractivity contribution >= 4 is 37.1 Å². The Morgan fingerprint density at radius 1 is 1.21 bits per heavy atom. The number of benzene rings is 2. The Labute approximate surface area is 202 Å². The van der Waals surface area contributed by atoms with Crippen LogP contribution in [0, 0.1) is 6.92 Å². The summed E-state index contributed by atoms with van der Waals surface area (Å²) in [5.74, 6) is -1.92. The second-order valence-corrected chi connectivity index (χ2v) is 8.46. The SMILES string of the molecule is [B]C(CC(=O)O)n1c(=O)nc(Nc2ccc(OC(C)C)c(C)c2)n(Cc2ccc(Cl)cc2)c1=O. The zero-order valence-corrected chi connectivity index (χ0v) is 19.7. The predicted molar refractivity (Wildman–Crippen MR) is 131 cm³/mol. The lowest BCUT2D eigenvalue weighted by atomic mass is 9.93. The highest BCUT2D eigenvalue weighted by atomic mass is 35.5. The van der Waals surface area contributed by atoms with Crippen molar-refractivity contribution in [2.75, 3.05) is 5.32 Å². The smallest absolute Gasteiger partial charge is 0.354 e. The summed E-state index contributed by atoms with van der Waals surface area (Å²) in [4.78, 5) is 41.0. The summed E-state index contributed by atoms with van der Waals surface area (Å²) < 4.78 is 7.61. The molecule has 0 aliphatic heterocycles. The van der Waals surface area contributed by atoms with Gasteiger partial charge in [0.25, 0.3) is 0 Å². The van der Waals surface area contributed by atoms with Crippen molar-refractivity contribution in [1.82, 2.24) is 14.1 Å². The van der Waals surface area contributed by atoms with Gasteiger partial charge in [0, 0.05) is 16.7 Å². The fraction of sp³-hybridized carbons (Fsp3) is 0.304. The van der Waals surface area contributed by atoms with Crippen molar-refractivity contribution in [3.05, 3.63) is 79.6 Å². The second kappa shape index (κ2) is 10.6. The van der Waals surface area contributed by atoms with Crippen LogP contribution in [0.2, 0.25) is 5.02 Å². The average molecular weight is 483 g/mol. The number of nitrogens with one attached hydrogen (secondary N) is 1. The monoisotopic (exact) mass is 482 g/mol. The Morgan fingerprint density at radius 2 is 1.88 bits per heavy atom. The maximum Gasteiger partial charge on any atom is 0.354 e. The van der Waals surface area contributed by atoms with Crippen LogP contribution in [0.15, 0.2) is 52.1 Å². The molecule has 1 heterocycles. The van der Waals surface area contributed by atoms with Gasteiger partial charge in [-0.1, -0.05) is 23.7 Å². The van der Waals surface area contributed by atoms with Crippen molar-refractivity contribution in [1.29, 1.82) is 0 Å². The molecule has 2 aromatic carbocycles. The van der Waals surface area contributed by atoms with Crippen LogP contribution in [-0.4, -0.2) is 39.1 Å². The van der Waals surface area contributed by atoms with E-state index >= 15 is 0 Å². The first-order valence-electron chi connectivity index (χ1n) is 10.5. The Balaban J connectivity index is 2.07. The van der Waals surface area contributed by atoms with Crippen molar-refractivity contribution in [2.24, 2.45) is 0 Å². The number of hydrogen-bond donors (Lipinski definition) is 2. The molecular formula is C23H24BClN4O5. The molecular weight excluding hydrogens is 459 g/mol. The quantitative estimate of drug-likeness (QED) is 0.450. The van der Waals surface area contributed by atoms with E-state index in [9.17, 15) is 14.4 Å². The van der Waals surface area contributed by atoms with Crippen molar-refractivity contribution in [3.8, 4) is 5.75 Å². The number of carbonyl (C=O) groups is 1. The molecule has 176 valence electrons. The summed E-state index contributed by atoms with van der Waals surface area (Å²) in [6.07, 6.45) is -0.604. The van der Waals surface area contributed by atoms with E-state index in [0.29, 0.717) is 26.6 Å². The molecule has 0 aliphatic carbocycles. The van der Waals surface area contributed by atoms with Gasteiger partial charge in [-0.3, -0.25) is 9.36 Å². The highest BCUT2D eigenvalue weighted by Crippen LogP contribution is 2.24. The standard InChI is InChI=1S/C23H24BClN4O5/c1-13(2)34-18-9-8-17(10-14(18)3)26-21-27-22(32)29(19(24)11-20(30)31)23(33)28(21)12-15-4-6-16(25)7-5-15/h4-10,13,19H,11-12H2,1-3H3,(H,30,31)(H,26,27,32). The molecule has 0 bridgehead atoms. The molecule has 0 aliphatic rings. The van der Waals surface area contributed by atoms with Gasteiger partial charge < -0.3 is 15.2 Å². The van der Waals surface area contributed by atoms with Crippen LogP contribution in [-0.2, 0) is 11.3 Å². The second-order valence-electron chi connectivity index (χ2n) is 8.02. The van der Waals surface area contributed by atoms with Crippen LogP contribution >= 0.6 is 11.6 Å². The molecule has 0 fully saturated rings. The minimum absolute atomic E-state index is 0.00586. The molecule has 1 atom stereocenters. The fourth-order valence-electron chi connectivity index (χ4n) is 3.31. The van der Waals surface area contributed by atoms with E-state index in [1.54, 1.807) is 42.5 Å². The van der Waals surface area contributed by atoms with Crippen LogP contribution in [0.25, 0.3) is 0 Å². The third-order valence-corrected chi connectivity index (χ3v) is 5.12. The summed E-state index contributed by atoms with van der Waals surface area (Å²) >= 11 is 5.96. The number of carboxylic acids is 1. The summed E-state index contributed by atoms with van der Waals surface area (Å²) in [5.41, 5.74) is 0.400. The van der Waals surface area contributed by atoms with E-state index < -0.39 is 29.7 Å². The van der Waals surface area contributed by atoms with Gasteiger partial charge in [0.05, 0.1) is 19.1 Å². The molecule has 2 N–H and O–H groups in total. The van der Waals surface area contributed by atoms with Crippen molar-refractivity contribution < 1.29 is 14.6 Å². The molecule has 11 heteroatoms. The third kappa shape index (κ3) is 6.08. The van der Waals surface area contributed by atoms with Crippen molar-refractivity contribution in [3.63, 3.8) is 0 Å². The van der Waals surface area contributed by atoms with E-state index in [0.717, 1.165) is 5.56 Å². The molecule has 2 radical (unpaired) electrons. The Bertz CT molecular complexity index is 1300. The van der Waals surface area contributed by atoms with Gasteiger partial charge in [-0.2, -0.15) is 4.98 Å².